The minimum absolute atomic E-state index is 0.00136. The minimum atomic E-state index is -1.96. The molecule has 1 saturated heterocycles. The number of fused-ring (bicyclic) bond motifs is 1. The maximum Gasteiger partial charge on any atom is 0.231 e. The molecule has 47 heavy (non-hydrogen) atoms. The first-order valence-electron chi connectivity index (χ1n) is 15.9. The van der Waals surface area contributed by atoms with Crippen molar-refractivity contribution < 1.29 is 38.5 Å². The van der Waals surface area contributed by atoms with Crippen molar-refractivity contribution in [3.05, 3.63) is 57.8 Å². The van der Waals surface area contributed by atoms with Gasteiger partial charge < -0.3 is 29.5 Å². The fraction of sp³-hybridized carbons (Fsp3) is 0.486. The third-order valence-corrected chi connectivity index (χ3v) is 10.5. The highest BCUT2D eigenvalue weighted by Gasteiger charge is 2.61. The van der Waals surface area contributed by atoms with E-state index in [2.05, 4.69) is 5.32 Å². The molecule has 2 N–H and O–H groups in total. The summed E-state index contributed by atoms with van der Waals surface area (Å²) in [6, 6.07) is 8.89. The quantitative estimate of drug-likeness (QED) is 0.220. The molecule has 1 aliphatic carbocycles. The Morgan fingerprint density at radius 3 is 2.55 bits per heavy atom. The second kappa shape index (κ2) is 14.6. The van der Waals surface area contributed by atoms with Gasteiger partial charge in [-0.15, -0.1) is 11.8 Å². The van der Waals surface area contributed by atoms with Gasteiger partial charge in [0.1, 0.15) is 22.1 Å². The van der Waals surface area contributed by atoms with Crippen LogP contribution in [0.1, 0.15) is 73.7 Å². The summed E-state index contributed by atoms with van der Waals surface area (Å²) >= 11 is 8.14. The number of carbonyl (C=O) groups excluding carboxylic acids is 4. The van der Waals surface area contributed by atoms with E-state index in [9.17, 15) is 24.3 Å². The summed E-state index contributed by atoms with van der Waals surface area (Å²) in [5.41, 5.74) is -1.32. The topological polar surface area (TPSA) is 131 Å². The number of ether oxygens (including phenoxy) is 3. The number of benzene rings is 2. The van der Waals surface area contributed by atoms with Crippen LogP contribution in [0.25, 0.3) is 0 Å². The van der Waals surface area contributed by atoms with E-state index >= 15 is 0 Å². The van der Waals surface area contributed by atoms with Crippen LogP contribution in [-0.2, 0) is 14.4 Å². The lowest BCUT2D eigenvalue weighted by molar-refractivity contribution is -0.130. The molecule has 0 saturated carbocycles. The molecule has 3 aliphatic rings. The number of likely N-dealkylation sites (tertiary alicyclic amines) is 1. The van der Waals surface area contributed by atoms with Crippen LogP contribution in [0.15, 0.2) is 46.6 Å². The first-order chi connectivity index (χ1) is 22.6. The van der Waals surface area contributed by atoms with E-state index in [-0.39, 0.29) is 63.8 Å². The van der Waals surface area contributed by atoms with Gasteiger partial charge in [0.25, 0.3) is 0 Å². The maximum atomic E-state index is 14.3. The molecular weight excluding hydrogens is 644 g/mol. The Kier molecular flexibility index (Phi) is 10.8. The van der Waals surface area contributed by atoms with Gasteiger partial charge in [-0.1, -0.05) is 37.1 Å². The van der Waals surface area contributed by atoms with Gasteiger partial charge in [0.15, 0.2) is 17.3 Å². The summed E-state index contributed by atoms with van der Waals surface area (Å²) in [6.07, 6.45) is 5.74. The first kappa shape index (κ1) is 34.6. The molecule has 1 unspecified atom stereocenters. The number of rotatable bonds is 11. The van der Waals surface area contributed by atoms with Gasteiger partial charge >= 0.3 is 0 Å². The lowest BCUT2D eigenvalue weighted by Crippen LogP contribution is -2.53. The van der Waals surface area contributed by atoms with Crippen LogP contribution in [0.5, 0.6) is 17.2 Å². The number of methoxy groups -OCH3 is 2. The summed E-state index contributed by atoms with van der Waals surface area (Å²) in [5, 5.41) is 15.0. The Hall–Kier alpha value is -3.70. The molecule has 252 valence electrons. The molecule has 2 heterocycles. The number of allylic oxidation sites excluding steroid dienone is 1. The molecule has 3 atom stereocenters. The van der Waals surface area contributed by atoms with Crippen LogP contribution < -0.4 is 19.5 Å². The van der Waals surface area contributed by atoms with Crippen LogP contribution in [0, 0.1) is 5.92 Å². The van der Waals surface area contributed by atoms with Crippen molar-refractivity contribution in [3.8, 4) is 17.2 Å². The zero-order valence-electron chi connectivity index (χ0n) is 27.2. The maximum absolute atomic E-state index is 14.3. The molecule has 2 aromatic rings. The van der Waals surface area contributed by atoms with Crippen LogP contribution in [0.4, 0.5) is 0 Å². The molecule has 2 aliphatic heterocycles. The Balaban J connectivity index is 1.47. The summed E-state index contributed by atoms with van der Waals surface area (Å²) in [7, 11) is 2.82. The predicted molar refractivity (Wildman–Crippen MR) is 179 cm³/mol. The van der Waals surface area contributed by atoms with Crippen molar-refractivity contribution in [2.24, 2.45) is 5.92 Å². The number of nitrogens with zero attached hydrogens (tertiary/aromatic N) is 1. The Morgan fingerprint density at radius 1 is 1.15 bits per heavy atom. The molecule has 0 radical (unpaired) electrons. The number of hydrogen-bond donors (Lipinski definition) is 2. The van der Waals surface area contributed by atoms with Crippen molar-refractivity contribution in [2.75, 3.05) is 40.1 Å². The molecular formula is C35H41ClN2O8S. The monoisotopic (exact) mass is 684 g/mol. The van der Waals surface area contributed by atoms with E-state index in [0.717, 1.165) is 30.7 Å². The van der Waals surface area contributed by atoms with Gasteiger partial charge in [-0.25, -0.2) is 0 Å². The van der Waals surface area contributed by atoms with Crippen LogP contribution >= 0.6 is 23.4 Å². The van der Waals surface area contributed by atoms with E-state index in [1.165, 1.54) is 20.3 Å². The molecule has 1 fully saturated rings. The molecule has 2 aromatic carbocycles. The van der Waals surface area contributed by atoms with Gasteiger partial charge in [0.2, 0.25) is 23.2 Å². The highest BCUT2D eigenvalue weighted by molar-refractivity contribution is 7.98. The third kappa shape index (κ3) is 6.56. The van der Waals surface area contributed by atoms with Crippen molar-refractivity contribution in [1.29, 1.82) is 0 Å². The van der Waals surface area contributed by atoms with Crippen molar-refractivity contribution in [1.82, 2.24) is 10.2 Å². The number of ketones is 2. The summed E-state index contributed by atoms with van der Waals surface area (Å²) in [6.45, 7) is 3.29. The third-order valence-electron chi connectivity index (χ3n) is 9.37. The van der Waals surface area contributed by atoms with E-state index in [0.29, 0.717) is 31.5 Å². The van der Waals surface area contributed by atoms with E-state index in [1.54, 1.807) is 18.7 Å². The summed E-state index contributed by atoms with van der Waals surface area (Å²) < 4.78 is 17.2. The molecule has 2 amide bonds. The average molecular weight is 685 g/mol. The van der Waals surface area contributed by atoms with Gasteiger partial charge in [-0.2, -0.15) is 0 Å². The van der Waals surface area contributed by atoms with E-state index in [1.807, 2.05) is 35.4 Å². The molecule has 0 bridgehead atoms. The first-order valence-corrected chi connectivity index (χ1v) is 17.5. The molecule has 12 heteroatoms. The fourth-order valence-corrected chi connectivity index (χ4v) is 7.46. The van der Waals surface area contributed by atoms with Crippen molar-refractivity contribution >= 4 is 46.7 Å². The summed E-state index contributed by atoms with van der Waals surface area (Å²) in [4.78, 5) is 56.7. The highest BCUT2D eigenvalue weighted by Crippen LogP contribution is 2.55. The van der Waals surface area contributed by atoms with Crippen molar-refractivity contribution in [2.45, 2.75) is 68.3 Å². The fourth-order valence-electron chi connectivity index (χ4n) is 6.79. The minimum Gasteiger partial charge on any atom is -0.507 e. The lowest BCUT2D eigenvalue weighted by Gasteiger charge is -2.38. The normalized spacial score (nSPS) is 21.8. The smallest absolute Gasteiger partial charge is 0.231 e. The Labute approximate surface area is 284 Å². The molecule has 5 rings (SSSR count). The average Bonchev–Trinajstić information content (AvgIpc) is 3.23. The van der Waals surface area contributed by atoms with E-state index < -0.39 is 29.0 Å². The molecule has 0 aromatic heterocycles. The van der Waals surface area contributed by atoms with Crippen molar-refractivity contribution in [3.63, 3.8) is 0 Å². The van der Waals surface area contributed by atoms with Crippen LogP contribution in [0.3, 0.4) is 0 Å². The number of nitrogens with one attached hydrogen (secondary N) is 1. The SMILES string of the molecule is COc1cc(OC)c2c(c1Cl)O[C@]1(C2=O)C(O)=C(C(CC(=O)NCCCN2CCCCCC2=O)c2ccc(SC)cc2)C(=O)C[C@H]1C. The summed E-state index contributed by atoms with van der Waals surface area (Å²) in [5.74, 6) is -2.95. The number of halogens is 1. The predicted octanol–water partition coefficient (Wildman–Crippen LogP) is 5.90. The molecule has 10 nitrogen and oxygen atoms in total. The second-order valence-electron chi connectivity index (χ2n) is 12.2. The van der Waals surface area contributed by atoms with Crippen LogP contribution in [-0.4, -0.2) is 79.1 Å². The Bertz CT molecular complexity index is 1590. The number of thioether (sulfide) groups is 1. The Morgan fingerprint density at radius 2 is 1.87 bits per heavy atom. The number of aliphatic hydroxyl groups excluding tert-OH is 1. The highest BCUT2D eigenvalue weighted by atomic mass is 35.5. The van der Waals surface area contributed by atoms with Gasteiger partial charge in [-0.05, 0) is 43.2 Å². The zero-order valence-corrected chi connectivity index (χ0v) is 28.7. The zero-order chi connectivity index (χ0) is 33.9. The van der Waals surface area contributed by atoms with E-state index in [4.69, 9.17) is 25.8 Å². The number of carbonyl (C=O) groups is 4. The number of amides is 2. The molecule has 1 spiro atoms. The lowest BCUT2D eigenvalue weighted by atomic mass is 9.69. The largest absolute Gasteiger partial charge is 0.507 e. The number of hydrogen-bond acceptors (Lipinski definition) is 9. The standard InChI is InChI=1S/C35H41ClN2O8S/c1-20-17-24(39)29(33(42)35(20)34(43)30-25(44-2)19-26(45-3)31(36)32(30)46-35)23(21-10-12-22(47-4)13-11-21)18-27(40)37-14-8-16-38-15-7-5-6-9-28(38)41/h10-13,19-20,23,42H,5-9,14-18H2,1-4H3,(H,37,40)/t20-,23?,35+/m1/s1. The van der Waals surface area contributed by atoms with Gasteiger partial charge in [-0.3, -0.25) is 19.2 Å². The second-order valence-corrected chi connectivity index (χ2v) is 13.4. The number of aliphatic hydroxyl groups is 1. The number of Topliss-reactive ketones (excluding diaryl/α,β-unsaturated/α-hetero) is 2. The van der Waals surface area contributed by atoms with Crippen LogP contribution in [0.2, 0.25) is 5.02 Å². The van der Waals surface area contributed by atoms with Gasteiger partial charge in [0, 0.05) is 67.3 Å². The van der Waals surface area contributed by atoms with Gasteiger partial charge in [0.05, 0.1) is 14.2 Å².